The van der Waals surface area contributed by atoms with Gasteiger partial charge >= 0.3 is 0 Å². The zero-order valence-corrected chi connectivity index (χ0v) is 19.2. The molecular formula is C26H30N6O2. The topological polar surface area (TPSA) is 91.4 Å². The van der Waals surface area contributed by atoms with Gasteiger partial charge in [-0.2, -0.15) is 0 Å². The molecule has 176 valence electrons. The average molecular weight is 459 g/mol. The van der Waals surface area contributed by atoms with Crippen LogP contribution in [0.3, 0.4) is 0 Å². The van der Waals surface area contributed by atoms with Crippen molar-refractivity contribution in [2.24, 2.45) is 0 Å². The van der Waals surface area contributed by atoms with Crippen molar-refractivity contribution in [1.82, 2.24) is 15.3 Å². The van der Waals surface area contributed by atoms with E-state index in [9.17, 15) is 4.79 Å². The molecule has 1 unspecified atom stereocenters. The monoisotopic (exact) mass is 458 g/mol. The summed E-state index contributed by atoms with van der Waals surface area (Å²) in [5.41, 5.74) is 4.69. The lowest BCUT2D eigenvalue weighted by atomic mass is 10.1. The first-order valence-electron chi connectivity index (χ1n) is 11.9. The molecule has 2 aliphatic rings. The van der Waals surface area contributed by atoms with Crippen LogP contribution in [0.2, 0.25) is 0 Å². The van der Waals surface area contributed by atoms with E-state index in [1.807, 2.05) is 42.5 Å². The van der Waals surface area contributed by atoms with Gasteiger partial charge in [-0.05, 0) is 61.9 Å². The van der Waals surface area contributed by atoms with Crippen molar-refractivity contribution in [2.45, 2.75) is 25.3 Å². The molecule has 3 aromatic rings. The molecule has 1 aromatic heterocycles. The van der Waals surface area contributed by atoms with E-state index in [0.29, 0.717) is 18.4 Å². The van der Waals surface area contributed by atoms with Crippen LogP contribution in [-0.2, 0) is 9.53 Å². The third-order valence-electron chi connectivity index (χ3n) is 6.21. The van der Waals surface area contributed by atoms with Crippen LogP contribution < -0.4 is 20.9 Å². The molecule has 8 heteroatoms. The molecule has 0 aliphatic carbocycles. The average Bonchev–Trinajstić information content (AvgIpc) is 3.39. The van der Waals surface area contributed by atoms with E-state index in [0.717, 1.165) is 68.3 Å². The highest BCUT2D eigenvalue weighted by atomic mass is 16.5. The normalized spacial score (nSPS) is 18.0. The van der Waals surface area contributed by atoms with Crippen molar-refractivity contribution in [3.8, 4) is 11.3 Å². The van der Waals surface area contributed by atoms with Crippen molar-refractivity contribution in [3.05, 3.63) is 60.8 Å². The first-order chi connectivity index (χ1) is 16.7. The molecule has 2 aromatic carbocycles. The summed E-state index contributed by atoms with van der Waals surface area (Å²) in [5, 5.41) is 9.63. The number of carbonyl (C=O) groups is 1. The van der Waals surface area contributed by atoms with Crippen LogP contribution in [0.15, 0.2) is 60.8 Å². The molecule has 0 spiro atoms. The van der Waals surface area contributed by atoms with Gasteiger partial charge in [-0.3, -0.25) is 4.79 Å². The first kappa shape index (κ1) is 22.3. The van der Waals surface area contributed by atoms with Crippen LogP contribution in [-0.4, -0.2) is 54.8 Å². The van der Waals surface area contributed by atoms with Crippen LogP contribution in [0.1, 0.15) is 19.3 Å². The highest BCUT2D eigenvalue weighted by Gasteiger charge is 2.17. The minimum atomic E-state index is 0.0420. The van der Waals surface area contributed by atoms with E-state index in [4.69, 9.17) is 4.74 Å². The second kappa shape index (κ2) is 10.6. The van der Waals surface area contributed by atoms with Gasteiger partial charge in [0.1, 0.15) is 0 Å². The van der Waals surface area contributed by atoms with Gasteiger partial charge in [0.05, 0.1) is 18.9 Å². The molecule has 2 aliphatic heterocycles. The molecule has 5 rings (SSSR count). The highest BCUT2D eigenvalue weighted by Crippen LogP contribution is 2.23. The summed E-state index contributed by atoms with van der Waals surface area (Å²) in [6.45, 7) is 4.37. The number of aromatic nitrogens is 2. The number of anilines is 4. The van der Waals surface area contributed by atoms with E-state index in [-0.39, 0.29) is 5.91 Å². The fourth-order valence-electron chi connectivity index (χ4n) is 4.38. The number of benzene rings is 2. The minimum Gasteiger partial charge on any atom is -0.378 e. The van der Waals surface area contributed by atoms with E-state index in [1.54, 1.807) is 6.20 Å². The first-order valence-corrected chi connectivity index (χ1v) is 11.9. The van der Waals surface area contributed by atoms with Crippen molar-refractivity contribution in [3.63, 3.8) is 0 Å². The van der Waals surface area contributed by atoms with Crippen LogP contribution >= 0.6 is 0 Å². The zero-order valence-electron chi connectivity index (χ0n) is 19.2. The number of nitrogens with one attached hydrogen (secondary N) is 3. The number of nitrogens with zero attached hydrogens (tertiary/aromatic N) is 3. The van der Waals surface area contributed by atoms with Gasteiger partial charge in [-0.1, -0.05) is 12.1 Å². The minimum absolute atomic E-state index is 0.0420. The fourth-order valence-corrected chi connectivity index (χ4v) is 4.38. The van der Waals surface area contributed by atoms with Gasteiger partial charge in [0, 0.05) is 54.4 Å². The van der Waals surface area contributed by atoms with Crippen LogP contribution in [0.4, 0.5) is 23.0 Å². The maximum atomic E-state index is 12.3. The number of ether oxygens (including phenoxy) is 1. The molecule has 3 heterocycles. The number of hydrogen-bond donors (Lipinski definition) is 3. The molecule has 3 N–H and O–H groups in total. The molecule has 0 radical (unpaired) electrons. The molecular weight excluding hydrogens is 428 g/mol. The third-order valence-corrected chi connectivity index (χ3v) is 6.21. The number of hydrogen-bond acceptors (Lipinski definition) is 7. The Balaban J connectivity index is 1.20. The Kier molecular flexibility index (Phi) is 6.97. The highest BCUT2D eigenvalue weighted by molar-refractivity contribution is 5.91. The molecule has 0 bridgehead atoms. The summed E-state index contributed by atoms with van der Waals surface area (Å²) < 4.78 is 5.43. The van der Waals surface area contributed by atoms with Gasteiger partial charge in [-0.25, -0.2) is 9.97 Å². The van der Waals surface area contributed by atoms with Gasteiger partial charge in [0.25, 0.3) is 0 Å². The molecule has 2 saturated heterocycles. The standard InChI is InChI=1S/C26H30N6O2/c33-25(18-22-2-1-12-27-22)29-20-5-3-19(4-6-20)24-11-13-28-26(31-24)30-21-7-9-23(10-8-21)32-14-16-34-17-15-32/h3-11,13,22,27H,1-2,12,14-18H2,(H,29,33)(H,28,30,31). The number of morpholine rings is 1. The number of amides is 1. The van der Waals surface area contributed by atoms with Gasteiger partial charge < -0.3 is 25.6 Å². The zero-order chi connectivity index (χ0) is 23.2. The predicted octanol–water partition coefficient (Wildman–Crippen LogP) is 3.80. The molecule has 1 amide bonds. The molecule has 34 heavy (non-hydrogen) atoms. The van der Waals surface area contributed by atoms with E-state index in [2.05, 4.69) is 43.0 Å². The van der Waals surface area contributed by atoms with Crippen molar-refractivity contribution in [1.29, 1.82) is 0 Å². The quantitative estimate of drug-likeness (QED) is 0.496. The summed E-state index contributed by atoms with van der Waals surface area (Å²) in [6, 6.07) is 18.2. The maximum absolute atomic E-state index is 12.3. The lowest BCUT2D eigenvalue weighted by molar-refractivity contribution is -0.116. The summed E-state index contributed by atoms with van der Waals surface area (Å²) >= 11 is 0. The van der Waals surface area contributed by atoms with Crippen LogP contribution in [0, 0.1) is 0 Å². The third kappa shape index (κ3) is 5.70. The van der Waals surface area contributed by atoms with Crippen molar-refractivity contribution in [2.75, 3.05) is 48.4 Å². The van der Waals surface area contributed by atoms with Crippen LogP contribution in [0.5, 0.6) is 0 Å². The van der Waals surface area contributed by atoms with Crippen molar-refractivity contribution < 1.29 is 9.53 Å². The summed E-state index contributed by atoms with van der Waals surface area (Å²) in [5.74, 6) is 0.582. The molecule has 0 saturated carbocycles. The van der Waals surface area contributed by atoms with Gasteiger partial charge in [0.2, 0.25) is 11.9 Å². The largest absolute Gasteiger partial charge is 0.378 e. The Bertz CT molecular complexity index is 1090. The summed E-state index contributed by atoms with van der Waals surface area (Å²) in [6.07, 6.45) is 4.46. The van der Waals surface area contributed by atoms with E-state index < -0.39 is 0 Å². The second-order valence-electron chi connectivity index (χ2n) is 8.66. The van der Waals surface area contributed by atoms with E-state index >= 15 is 0 Å². The number of carbonyl (C=O) groups excluding carboxylic acids is 1. The summed E-state index contributed by atoms with van der Waals surface area (Å²) in [4.78, 5) is 23.6. The predicted molar refractivity (Wildman–Crippen MR) is 134 cm³/mol. The van der Waals surface area contributed by atoms with Crippen LogP contribution in [0.25, 0.3) is 11.3 Å². The molecule has 2 fully saturated rings. The Morgan fingerprint density at radius 2 is 1.79 bits per heavy atom. The molecule has 1 atom stereocenters. The van der Waals surface area contributed by atoms with Gasteiger partial charge in [-0.15, -0.1) is 0 Å². The maximum Gasteiger partial charge on any atom is 0.227 e. The van der Waals surface area contributed by atoms with Crippen molar-refractivity contribution >= 4 is 28.9 Å². The SMILES string of the molecule is O=C(CC1CCCN1)Nc1ccc(-c2ccnc(Nc3ccc(N4CCOCC4)cc3)n2)cc1. The Labute approximate surface area is 199 Å². The van der Waals surface area contributed by atoms with Gasteiger partial charge in [0.15, 0.2) is 0 Å². The summed E-state index contributed by atoms with van der Waals surface area (Å²) in [7, 11) is 0. The second-order valence-corrected chi connectivity index (χ2v) is 8.66. The smallest absolute Gasteiger partial charge is 0.227 e. The molecule has 8 nitrogen and oxygen atoms in total. The number of rotatable bonds is 7. The lowest BCUT2D eigenvalue weighted by Gasteiger charge is -2.28. The van der Waals surface area contributed by atoms with E-state index in [1.165, 1.54) is 5.69 Å². The Morgan fingerprint density at radius 1 is 1.03 bits per heavy atom. The Morgan fingerprint density at radius 3 is 2.53 bits per heavy atom. The lowest BCUT2D eigenvalue weighted by Crippen LogP contribution is -2.36. The Hall–Kier alpha value is -3.49. The fraction of sp³-hybridized carbons (Fsp3) is 0.346.